The van der Waals surface area contributed by atoms with Gasteiger partial charge in [-0.2, -0.15) is 0 Å². The van der Waals surface area contributed by atoms with Gasteiger partial charge in [-0.15, -0.1) is 0 Å². The van der Waals surface area contributed by atoms with E-state index < -0.39 is 0 Å². The molecule has 0 saturated heterocycles. The fourth-order valence-electron chi connectivity index (χ4n) is 2.36. The van der Waals surface area contributed by atoms with Crippen LogP contribution in [0.1, 0.15) is 34.3 Å². The lowest BCUT2D eigenvalue weighted by Gasteiger charge is -2.06. The normalized spacial score (nSPS) is 13.7. The molecule has 0 heterocycles. The van der Waals surface area contributed by atoms with Crippen LogP contribution in [0.15, 0.2) is 48.5 Å². The van der Waals surface area contributed by atoms with Crippen molar-refractivity contribution in [3.63, 3.8) is 0 Å². The summed E-state index contributed by atoms with van der Waals surface area (Å²) in [5.74, 6) is -0.269. The molecule has 1 fully saturated rings. The monoisotopic (exact) mass is 354 g/mol. The predicted molar refractivity (Wildman–Crippen MR) is 101 cm³/mol. The predicted octanol–water partition coefficient (Wildman–Crippen LogP) is 4.19. The second-order valence-electron chi connectivity index (χ2n) is 6.15. The summed E-state index contributed by atoms with van der Waals surface area (Å²) in [5, 5.41) is 6.40. The van der Waals surface area contributed by atoms with Gasteiger partial charge in [-0.3, -0.25) is 9.59 Å². The Balaban J connectivity index is 1.58. The molecule has 0 radical (unpaired) electrons. The molecule has 2 aromatic rings. The maximum Gasteiger partial charge on any atom is 0.251 e. The van der Waals surface area contributed by atoms with Crippen molar-refractivity contribution in [2.45, 2.75) is 25.8 Å². The van der Waals surface area contributed by atoms with Gasteiger partial charge in [-0.25, -0.2) is 0 Å². The summed E-state index contributed by atoms with van der Waals surface area (Å²) in [6.45, 7) is 1.89. The topological polar surface area (TPSA) is 58.2 Å². The van der Waals surface area contributed by atoms with Gasteiger partial charge in [0.25, 0.3) is 5.91 Å². The summed E-state index contributed by atoms with van der Waals surface area (Å²) in [5.41, 5.74) is 3.11. The van der Waals surface area contributed by atoms with Gasteiger partial charge in [0.1, 0.15) is 0 Å². The highest BCUT2D eigenvalue weighted by molar-refractivity contribution is 6.30. The summed E-state index contributed by atoms with van der Waals surface area (Å²) in [7, 11) is 0. The van der Waals surface area contributed by atoms with Gasteiger partial charge in [-0.1, -0.05) is 23.7 Å². The quantitative estimate of drug-likeness (QED) is 0.791. The summed E-state index contributed by atoms with van der Waals surface area (Å²) in [6, 6.07) is 12.8. The highest BCUT2D eigenvalue weighted by Crippen LogP contribution is 2.20. The van der Waals surface area contributed by atoms with Crippen LogP contribution in [0, 0.1) is 6.92 Å². The largest absolute Gasteiger partial charge is 0.349 e. The summed E-state index contributed by atoms with van der Waals surface area (Å²) < 4.78 is 0. The molecule has 1 aliphatic carbocycles. The molecule has 25 heavy (non-hydrogen) atoms. The SMILES string of the molecule is Cc1cc(Cl)ccc1NC(=O)/C=C/c1ccc(C(=O)NC2CC2)cc1. The van der Waals surface area contributed by atoms with Crippen LogP contribution in [0.5, 0.6) is 0 Å². The van der Waals surface area contributed by atoms with Gasteiger partial charge in [0.05, 0.1) is 0 Å². The van der Waals surface area contributed by atoms with E-state index in [-0.39, 0.29) is 11.8 Å². The second kappa shape index (κ2) is 7.53. The maximum absolute atomic E-state index is 12.0. The van der Waals surface area contributed by atoms with E-state index in [2.05, 4.69) is 10.6 Å². The average Bonchev–Trinajstić information content (AvgIpc) is 3.40. The van der Waals surface area contributed by atoms with E-state index in [1.807, 2.05) is 19.1 Å². The van der Waals surface area contributed by atoms with Crippen molar-refractivity contribution >= 4 is 35.2 Å². The lowest BCUT2D eigenvalue weighted by molar-refractivity contribution is -0.111. The smallest absolute Gasteiger partial charge is 0.251 e. The van der Waals surface area contributed by atoms with Crippen molar-refractivity contribution in [2.24, 2.45) is 0 Å². The van der Waals surface area contributed by atoms with E-state index >= 15 is 0 Å². The van der Waals surface area contributed by atoms with Crippen LogP contribution in [0.4, 0.5) is 5.69 Å². The summed E-state index contributed by atoms with van der Waals surface area (Å²) >= 11 is 5.91. The second-order valence-corrected chi connectivity index (χ2v) is 6.59. The van der Waals surface area contributed by atoms with Gasteiger partial charge in [0, 0.05) is 28.4 Å². The third-order valence-electron chi connectivity index (χ3n) is 3.96. The Bertz CT molecular complexity index is 824. The first-order valence-corrected chi connectivity index (χ1v) is 8.55. The van der Waals surface area contributed by atoms with E-state index in [0.717, 1.165) is 29.7 Å². The fraction of sp³-hybridized carbons (Fsp3) is 0.200. The number of hydrogen-bond donors (Lipinski definition) is 2. The van der Waals surface area contributed by atoms with Crippen LogP contribution in [0.3, 0.4) is 0 Å². The number of rotatable bonds is 5. The van der Waals surface area contributed by atoms with Crippen LogP contribution in [-0.2, 0) is 4.79 Å². The molecule has 0 bridgehead atoms. The van der Waals surface area contributed by atoms with Crippen molar-refractivity contribution in [3.05, 3.63) is 70.3 Å². The summed E-state index contributed by atoms with van der Waals surface area (Å²) in [6.07, 6.45) is 5.31. The van der Waals surface area contributed by atoms with Gasteiger partial charge >= 0.3 is 0 Å². The number of anilines is 1. The molecule has 5 heteroatoms. The van der Waals surface area contributed by atoms with Crippen molar-refractivity contribution in [1.29, 1.82) is 0 Å². The minimum atomic E-state index is -0.221. The van der Waals surface area contributed by atoms with E-state index in [1.54, 1.807) is 36.4 Å². The third kappa shape index (κ3) is 4.94. The van der Waals surface area contributed by atoms with E-state index in [9.17, 15) is 9.59 Å². The molecule has 2 amide bonds. The lowest BCUT2D eigenvalue weighted by Crippen LogP contribution is -2.25. The Morgan fingerprint density at radius 3 is 2.48 bits per heavy atom. The molecular weight excluding hydrogens is 336 g/mol. The molecule has 2 aromatic carbocycles. The number of benzene rings is 2. The molecule has 0 aromatic heterocycles. The molecule has 4 nitrogen and oxygen atoms in total. The Morgan fingerprint density at radius 1 is 1.12 bits per heavy atom. The molecule has 1 saturated carbocycles. The summed E-state index contributed by atoms with van der Waals surface area (Å²) in [4.78, 5) is 24.0. The molecule has 0 atom stereocenters. The third-order valence-corrected chi connectivity index (χ3v) is 4.19. The zero-order valence-electron chi connectivity index (χ0n) is 13.9. The molecule has 0 unspecified atom stereocenters. The van der Waals surface area contributed by atoms with Crippen LogP contribution in [0.25, 0.3) is 6.08 Å². The van der Waals surface area contributed by atoms with E-state index in [4.69, 9.17) is 11.6 Å². The van der Waals surface area contributed by atoms with Crippen LogP contribution < -0.4 is 10.6 Å². The number of carbonyl (C=O) groups is 2. The van der Waals surface area contributed by atoms with Crippen molar-refractivity contribution in [2.75, 3.05) is 5.32 Å². The zero-order chi connectivity index (χ0) is 17.8. The molecule has 1 aliphatic rings. The molecule has 0 spiro atoms. The number of amides is 2. The van der Waals surface area contributed by atoms with Gasteiger partial charge in [0.2, 0.25) is 5.91 Å². The number of carbonyl (C=O) groups excluding carboxylic acids is 2. The minimum Gasteiger partial charge on any atom is -0.349 e. The Hall–Kier alpha value is -2.59. The first-order chi connectivity index (χ1) is 12.0. The highest BCUT2D eigenvalue weighted by atomic mass is 35.5. The van der Waals surface area contributed by atoms with Crippen LogP contribution in [0.2, 0.25) is 5.02 Å². The maximum atomic E-state index is 12.0. The van der Waals surface area contributed by atoms with Crippen LogP contribution in [-0.4, -0.2) is 17.9 Å². The van der Waals surface area contributed by atoms with Gasteiger partial charge < -0.3 is 10.6 Å². The van der Waals surface area contributed by atoms with Crippen molar-refractivity contribution in [1.82, 2.24) is 5.32 Å². The minimum absolute atomic E-state index is 0.0472. The van der Waals surface area contributed by atoms with Gasteiger partial charge in [0.15, 0.2) is 0 Å². The highest BCUT2D eigenvalue weighted by Gasteiger charge is 2.23. The number of nitrogens with one attached hydrogen (secondary N) is 2. The lowest BCUT2D eigenvalue weighted by atomic mass is 10.1. The molecule has 3 rings (SSSR count). The van der Waals surface area contributed by atoms with Crippen molar-refractivity contribution in [3.8, 4) is 0 Å². The first-order valence-electron chi connectivity index (χ1n) is 8.17. The molecular formula is C20H19ClN2O2. The molecule has 2 N–H and O–H groups in total. The van der Waals surface area contributed by atoms with E-state index in [1.165, 1.54) is 6.08 Å². The van der Waals surface area contributed by atoms with Crippen molar-refractivity contribution < 1.29 is 9.59 Å². The van der Waals surface area contributed by atoms with Crippen LogP contribution >= 0.6 is 11.6 Å². The first kappa shape index (κ1) is 17.2. The number of aryl methyl sites for hydroxylation is 1. The Morgan fingerprint density at radius 2 is 1.84 bits per heavy atom. The van der Waals surface area contributed by atoms with Gasteiger partial charge in [-0.05, 0) is 67.3 Å². The van der Waals surface area contributed by atoms with E-state index in [0.29, 0.717) is 16.6 Å². The molecule has 0 aliphatic heterocycles. The number of hydrogen-bond acceptors (Lipinski definition) is 2. The standard InChI is InChI=1S/C20H19ClN2O2/c1-13-12-16(21)7-10-18(13)23-19(24)11-4-14-2-5-15(6-3-14)20(25)22-17-8-9-17/h2-7,10-12,17H,8-9H2,1H3,(H,22,25)(H,23,24)/b11-4+. The average molecular weight is 355 g/mol. The fourth-order valence-corrected chi connectivity index (χ4v) is 2.58. The number of halogens is 1. The zero-order valence-corrected chi connectivity index (χ0v) is 14.6. The Kier molecular flexibility index (Phi) is 5.19. The molecule has 128 valence electrons. The Labute approximate surface area is 151 Å².